The van der Waals surface area contributed by atoms with E-state index in [0.29, 0.717) is 23.7 Å². The van der Waals surface area contributed by atoms with E-state index in [1.54, 1.807) is 26.4 Å². The lowest BCUT2D eigenvalue weighted by molar-refractivity contribution is -0.136. The highest BCUT2D eigenvalue weighted by Crippen LogP contribution is 2.27. The van der Waals surface area contributed by atoms with Gasteiger partial charge in [-0.25, -0.2) is 0 Å². The Hall–Kier alpha value is -2.90. The van der Waals surface area contributed by atoms with Gasteiger partial charge in [-0.2, -0.15) is 0 Å². The van der Waals surface area contributed by atoms with Gasteiger partial charge < -0.3 is 19.6 Å². The standard InChI is InChI=1S/C15H17N3O5/c1-22-11-5-3-9(7-12(11)23-2)8-13-16-15(21)10(17-18-13)4-6-14(19)20/h3,5,7H,4,6,8H2,1-2H3,(H,19,20)(H,16,18,21). The fourth-order valence-corrected chi connectivity index (χ4v) is 2.05. The maximum atomic E-state index is 11.9. The van der Waals surface area contributed by atoms with Crippen LogP contribution >= 0.6 is 0 Å². The Bertz CT molecular complexity index is 757. The molecule has 0 unspecified atom stereocenters. The maximum absolute atomic E-state index is 11.9. The van der Waals surface area contributed by atoms with Crippen LogP contribution in [0.2, 0.25) is 0 Å². The first-order chi connectivity index (χ1) is 11.0. The second-order valence-electron chi connectivity index (χ2n) is 4.81. The average Bonchev–Trinajstić information content (AvgIpc) is 2.53. The fraction of sp³-hybridized carbons (Fsp3) is 0.333. The van der Waals surface area contributed by atoms with Gasteiger partial charge in [-0.05, 0) is 17.7 Å². The van der Waals surface area contributed by atoms with Crippen LogP contribution in [0.25, 0.3) is 0 Å². The summed E-state index contributed by atoms with van der Waals surface area (Å²) in [5, 5.41) is 16.4. The molecule has 0 saturated carbocycles. The van der Waals surface area contributed by atoms with Gasteiger partial charge in [0.15, 0.2) is 11.5 Å². The minimum absolute atomic E-state index is 0.0499. The van der Waals surface area contributed by atoms with Crippen LogP contribution in [0.1, 0.15) is 23.5 Å². The Labute approximate surface area is 132 Å². The topological polar surface area (TPSA) is 114 Å². The SMILES string of the molecule is COc1ccc(Cc2nnc(CCC(=O)O)c(=O)[nH]2)cc1OC. The van der Waals surface area contributed by atoms with Gasteiger partial charge in [0.2, 0.25) is 0 Å². The minimum Gasteiger partial charge on any atom is -0.493 e. The van der Waals surface area contributed by atoms with Crippen molar-refractivity contribution in [2.75, 3.05) is 14.2 Å². The number of rotatable bonds is 7. The summed E-state index contributed by atoms with van der Waals surface area (Å²) in [7, 11) is 3.09. The molecule has 0 aliphatic rings. The smallest absolute Gasteiger partial charge is 0.303 e. The second-order valence-corrected chi connectivity index (χ2v) is 4.81. The van der Waals surface area contributed by atoms with Crippen molar-refractivity contribution in [3.8, 4) is 11.5 Å². The number of carboxylic acids is 1. The molecule has 23 heavy (non-hydrogen) atoms. The summed E-state index contributed by atoms with van der Waals surface area (Å²) in [6, 6.07) is 5.39. The van der Waals surface area contributed by atoms with Gasteiger partial charge in [0.25, 0.3) is 5.56 Å². The van der Waals surface area contributed by atoms with Crippen molar-refractivity contribution in [3.63, 3.8) is 0 Å². The first kappa shape index (κ1) is 16.5. The zero-order chi connectivity index (χ0) is 16.8. The van der Waals surface area contributed by atoms with Crippen LogP contribution < -0.4 is 15.0 Å². The molecule has 2 aromatic rings. The summed E-state index contributed by atoms with van der Waals surface area (Å²) in [6.07, 6.45) is 0.253. The number of carbonyl (C=O) groups is 1. The Kier molecular flexibility index (Phi) is 5.29. The molecule has 8 nitrogen and oxygen atoms in total. The predicted molar refractivity (Wildman–Crippen MR) is 81.0 cm³/mol. The molecule has 0 atom stereocenters. The summed E-state index contributed by atoms with van der Waals surface area (Å²) in [6.45, 7) is 0. The molecule has 1 aromatic heterocycles. The molecule has 2 N–H and O–H groups in total. The first-order valence-corrected chi connectivity index (χ1v) is 6.91. The van der Waals surface area contributed by atoms with Gasteiger partial charge in [-0.3, -0.25) is 9.59 Å². The summed E-state index contributed by atoms with van der Waals surface area (Å²) in [5.41, 5.74) is 0.561. The van der Waals surface area contributed by atoms with Crippen molar-refractivity contribution in [3.05, 3.63) is 45.6 Å². The number of aliphatic carboxylic acids is 1. The number of carboxylic acid groups (broad SMARTS) is 1. The third-order valence-corrected chi connectivity index (χ3v) is 3.21. The van der Waals surface area contributed by atoms with Crippen LogP contribution in [0.15, 0.2) is 23.0 Å². The Morgan fingerprint density at radius 3 is 2.57 bits per heavy atom. The molecule has 0 radical (unpaired) electrons. The lowest BCUT2D eigenvalue weighted by Crippen LogP contribution is -2.20. The van der Waals surface area contributed by atoms with Gasteiger partial charge in [0.05, 0.1) is 20.6 Å². The van der Waals surface area contributed by atoms with Crippen LogP contribution in [-0.4, -0.2) is 40.5 Å². The van der Waals surface area contributed by atoms with Gasteiger partial charge in [-0.1, -0.05) is 6.07 Å². The summed E-state index contributed by atoms with van der Waals surface area (Å²) < 4.78 is 10.4. The predicted octanol–water partition coefficient (Wildman–Crippen LogP) is 0.790. The molecule has 0 saturated heterocycles. The summed E-state index contributed by atoms with van der Waals surface area (Å²) in [5.74, 6) is 0.597. The minimum atomic E-state index is -0.986. The second kappa shape index (κ2) is 7.39. The quantitative estimate of drug-likeness (QED) is 0.775. The molecule has 1 aromatic carbocycles. The highest BCUT2D eigenvalue weighted by Gasteiger charge is 2.09. The number of hydrogen-bond donors (Lipinski definition) is 2. The summed E-state index contributed by atoms with van der Waals surface area (Å²) in [4.78, 5) is 25.0. The van der Waals surface area contributed by atoms with Crippen LogP contribution in [0.5, 0.6) is 11.5 Å². The van der Waals surface area contributed by atoms with E-state index in [9.17, 15) is 9.59 Å². The highest BCUT2D eigenvalue weighted by molar-refractivity contribution is 5.66. The van der Waals surface area contributed by atoms with Crippen molar-refractivity contribution >= 4 is 5.97 Å². The molecular weight excluding hydrogens is 302 g/mol. The molecule has 1 heterocycles. The third-order valence-electron chi connectivity index (χ3n) is 3.21. The average molecular weight is 319 g/mol. The van der Waals surface area contributed by atoms with Crippen LogP contribution in [0.4, 0.5) is 0 Å². The Morgan fingerprint density at radius 2 is 1.96 bits per heavy atom. The molecule has 0 amide bonds. The van der Waals surface area contributed by atoms with E-state index in [1.165, 1.54) is 0 Å². The highest BCUT2D eigenvalue weighted by atomic mass is 16.5. The number of H-pyrrole nitrogens is 1. The normalized spacial score (nSPS) is 10.3. The monoisotopic (exact) mass is 319 g/mol. The van der Waals surface area contributed by atoms with E-state index in [-0.39, 0.29) is 18.5 Å². The van der Waals surface area contributed by atoms with Gasteiger partial charge in [0, 0.05) is 12.8 Å². The van der Waals surface area contributed by atoms with Crippen molar-refractivity contribution in [1.82, 2.24) is 15.2 Å². The molecule has 8 heteroatoms. The number of aromatic nitrogens is 3. The number of aryl methyl sites for hydroxylation is 1. The molecule has 0 spiro atoms. The van der Waals surface area contributed by atoms with Gasteiger partial charge in [-0.15, -0.1) is 10.2 Å². The lowest BCUT2D eigenvalue weighted by atomic mass is 10.1. The zero-order valence-electron chi connectivity index (χ0n) is 12.8. The summed E-state index contributed by atoms with van der Waals surface area (Å²) >= 11 is 0. The zero-order valence-corrected chi connectivity index (χ0v) is 12.8. The van der Waals surface area contributed by atoms with Crippen molar-refractivity contribution < 1.29 is 19.4 Å². The largest absolute Gasteiger partial charge is 0.493 e. The molecule has 0 aliphatic carbocycles. The van der Waals surface area contributed by atoms with Crippen LogP contribution in [0, 0.1) is 0 Å². The van der Waals surface area contributed by atoms with Crippen molar-refractivity contribution in [2.45, 2.75) is 19.3 Å². The van der Waals surface area contributed by atoms with E-state index >= 15 is 0 Å². The third kappa shape index (κ3) is 4.29. The van der Waals surface area contributed by atoms with E-state index in [4.69, 9.17) is 14.6 Å². The van der Waals surface area contributed by atoms with Gasteiger partial charge >= 0.3 is 5.97 Å². The van der Waals surface area contributed by atoms with Crippen LogP contribution in [-0.2, 0) is 17.6 Å². The number of nitrogens with one attached hydrogen (secondary N) is 1. The van der Waals surface area contributed by atoms with E-state index in [2.05, 4.69) is 15.2 Å². The Balaban J connectivity index is 2.16. The fourth-order valence-electron chi connectivity index (χ4n) is 2.05. The number of aromatic amines is 1. The van der Waals surface area contributed by atoms with E-state index in [1.807, 2.05) is 6.07 Å². The number of nitrogens with zero attached hydrogens (tertiary/aromatic N) is 2. The molecule has 0 bridgehead atoms. The molecule has 0 fully saturated rings. The molecule has 2 rings (SSSR count). The van der Waals surface area contributed by atoms with Gasteiger partial charge in [0.1, 0.15) is 11.5 Å². The molecule has 0 aliphatic heterocycles. The number of hydrogen-bond acceptors (Lipinski definition) is 6. The van der Waals surface area contributed by atoms with E-state index in [0.717, 1.165) is 5.56 Å². The number of methoxy groups -OCH3 is 2. The van der Waals surface area contributed by atoms with E-state index < -0.39 is 11.5 Å². The maximum Gasteiger partial charge on any atom is 0.303 e. The Morgan fingerprint density at radius 1 is 1.22 bits per heavy atom. The molecular formula is C15H17N3O5. The van der Waals surface area contributed by atoms with Crippen molar-refractivity contribution in [1.29, 1.82) is 0 Å². The first-order valence-electron chi connectivity index (χ1n) is 6.91. The number of benzene rings is 1. The number of ether oxygens (including phenoxy) is 2. The van der Waals surface area contributed by atoms with Crippen molar-refractivity contribution in [2.24, 2.45) is 0 Å². The van der Waals surface area contributed by atoms with Crippen LogP contribution in [0.3, 0.4) is 0 Å². The molecule has 122 valence electrons. The lowest BCUT2D eigenvalue weighted by Gasteiger charge is -2.09.